The van der Waals surface area contributed by atoms with Crippen molar-refractivity contribution in [1.29, 1.82) is 0 Å². The van der Waals surface area contributed by atoms with E-state index in [-0.39, 0.29) is 37.2 Å². The summed E-state index contributed by atoms with van der Waals surface area (Å²) in [6, 6.07) is 4.80. The minimum atomic E-state index is -2.11. The number of allylic oxidation sites excluding steroid dienone is 4. The van der Waals surface area contributed by atoms with Crippen LogP contribution in [0.2, 0.25) is 0 Å². The monoisotopic (exact) mass is 660 g/mol. The number of ketones is 2. The van der Waals surface area contributed by atoms with Crippen LogP contribution >= 0.6 is 0 Å². The second-order valence-corrected chi connectivity index (χ2v) is 13.4. The molecule has 5 rings (SSSR count). The highest BCUT2D eigenvalue weighted by Crippen LogP contribution is 2.69. The third-order valence-corrected chi connectivity index (χ3v) is 11.1. The fourth-order valence-corrected chi connectivity index (χ4v) is 8.45. The molecule has 0 aromatic heterocycles. The quantitative estimate of drug-likeness (QED) is 0.170. The van der Waals surface area contributed by atoms with Crippen molar-refractivity contribution in [3.63, 3.8) is 0 Å². The lowest BCUT2D eigenvalue weighted by atomic mass is 9.44. The molecule has 47 heavy (non-hydrogen) atoms. The number of Topliss-reactive ketones (excluding diaryl/α,β-unsaturated/α-hetero) is 1. The number of hydrogen-bond acceptors (Lipinski definition) is 13. The third-order valence-electron chi connectivity index (χ3n) is 11.1. The molecule has 4 aliphatic carbocycles. The minimum absolute atomic E-state index is 0.00923. The van der Waals surface area contributed by atoms with E-state index in [1.54, 1.807) is 26.0 Å². The molecule has 13 nitrogen and oxygen atoms in total. The van der Waals surface area contributed by atoms with Crippen LogP contribution in [0.4, 0.5) is 4.39 Å². The maximum Gasteiger partial charge on any atom is 0.338 e. The predicted octanol–water partition coefficient (Wildman–Crippen LogP) is 1.94. The molecule has 256 valence electrons. The molecule has 0 radical (unpaired) electrons. The number of fused-ring (bicyclic) bond motifs is 5. The Morgan fingerprint density at radius 3 is 2.62 bits per heavy atom. The zero-order chi connectivity index (χ0) is 34.4. The van der Waals surface area contributed by atoms with Crippen molar-refractivity contribution < 1.29 is 58.5 Å². The normalized spacial score (nSPS) is 35.0. The summed E-state index contributed by atoms with van der Waals surface area (Å²) in [5.41, 5.74) is 0.729. The number of aliphatic hydroxyl groups excluding tert-OH is 1. The number of carbonyl (C=O) groups excluding carboxylic acids is 4. The lowest BCUT2D eigenvalue weighted by molar-refractivity contribution is -0.492. The Bertz CT molecular complexity index is 1500. The molecule has 0 heterocycles. The average Bonchev–Trinajstić information content (AvgIpc) is 3.29. The van der Waals surface area contributed by atoms with Crippen LogP contribution in [0.15, 0.2) is 48.1 Å². The number of benzene rings is 1. The standard InChI is InChI=1S/C33H41FN2O11/c1-30-11-8-22(37)15-21(30)6-7-24-23-9-12-32(42,31(23,2)16-26(38)33(24,30)34)27(39)18-46-29(41)25(35)17-45-28(40)20-5-3-4-19(14-20)10-13-47-36(43)44/h3-5,8,11,14-15,23-26,38,42-44H,6-7,9-10,12-13,16-18,35H2,1-2H3/t23?,24-,25?,26-,30-,31-,32?,33?/m0/s1. The largest absolute Gasteiger partial charge is 0.460 e. The topological polar surface area (TPSA) is 206 Å². The molecular formula is C33H41FN2O11. The van der Waals surface area contributed by atoms with Gasteiger partial charge in [0.1, 0.15) is 18.2 Å². The lowest BCUT2D eigenvalue weighted by Crippen LogP contribution is -2.69. The Hall–Kier alpha value is -3.37. The molecule has 3 saturated carbocycles. The van der Waals surface area contributed by atoms with Crippen LogP contribution in [0.3, 0.4) is 0 Å². The van der Waals surface area contributed by atoms with Crippen LogP contribution in [0.25, 0.3) is 0 Å². The second kappa shape index (κ2) is 12.9. The first-order valence-electron chi connectivity index (χ1n) is 15.6. The summed E-state index contributed by atoms with van der Waals surface area (Å²) in [5, 5.41) is 40.0. The first-order chi connectivity index (χ1) is 22.1. The van der Waals surface area contributed by atoms with E-state index < -0.39 is 82.4 Å². The number of rotatable bonds is 11. The Labute approximate surface area is 270 Å². The Morgan fingerprint density at radius 1 is 1.15 bits per heavy atom. The van der Waals surface area contributed by atoms with Gasteiger partial charge in [0.25, 0.3) is 0 Å². The van der Waals surface area contributed by atoms with E-state index in [4.69, 9.17) is 25.6 Å². The average molecular weight is 661 g/mol. The van der Waals surface area contributed by atoms with Crippen LogP contribution in [0.1, 0.15) is 61.9 Å². The zero-order valence-electron chi connectivity index (χ0n) is 26.3. The van der Waals surface area contributed by atoms with Crippen molar-refractivity contribution in [1.82, 2.24) is 5.39 Å². The summed E-state index contributed by atoms with van der Waals surface area (Å²) in [6.07, 6.45) is 3.89. The number of carbonyl (C=O) groups is 4. The first-order valence-corrected chi connectivity index (χ1v) is 15.6. The van der Waals surface area contributed by atoms with Crippen LogP contribution in [0, 0.1) is 22.7 Å². The van der Waals surface area contributed by atoms with Gasteiger partial charge in [0, 0.05) is 16.7 Å². The highest BCUT2D eigenvalue weighted by molar-refractivity contribution is 6.01. The number of nitrogens with two attached hydrogens (primary N) is 1. The van der Waals surface area contributed by atoms with Crippen molar-refractivity contribution in [2.75, 3.05) is 19.8 Å². The van der Waals surface area contributed by atoms with E-state index in [1.165, 1.54) is 30.4 Å². The van der Waals surface area contributed by atoms with Gasteiger partial charge in [-0.1, -0.05) is 30.7 Å². The van der Waals surface area contributed by atoms with Crippen LogP contribution in [0.5, 0.6) is 0 Å². The van der Waals surface area contributed by atoms with Gasteiger partial charge in [-0.15, -0.1) is 0 Å². The van der Waals surface area contributed by atoms with Gasteiger partial charge >= 0.3 is 11.9 Å². The Balaban J connectivity index is 1.18. The molecule has 8 atom stereocenters. The molecular weight excluding hydrogens is 619 g/mol. The van der Waals surface area contributed by atoms with Gasteiger partial charge in [0.05, 0.1) is 23.7 Å². The molecule has 4 unspecified atom stereocenters. The van der Waals surface area contributed by atoms with Crippen molar-refractivity contribution >= 4 is 23.5 Å². The SMILES string of the molecule is C[C@]12C=CC(=O)C=C1CC[C@H]1C3CCC(O)(C(=O)COC(=O)C(N)COC(=O)c4cccc(CCON(O)O)c4)[C@@]3(C)C[C@H](O)C12F. The van der Waals surface area contributed by atoms with E-state index in [0.29, 0.717) is 30.4 Å². The van der Waals surface area contributed by atoms with E-state index >= 15 is 4.39 Å². The summed E-state index contributed by atoms with van der Waals surface area (Å²) in [6.45, 7) is 1.90. The third kappa shape index (κ3) is 5.96. The predicted molar refractivity (Wildman–Crippen MR) is 159 cm³/mol. The molecule has 0 bridgehead atoms. The highest BCUT2D eigenvalue weighted by Gasteiger charge is 2.74. The van der Waals surface area contributed by atoms with Crippen LogP contribution < -0.4 is 5.73 Å². The minimum Gasteiger partial charge on any atom is -0.460 e. The van der Waals surface area contributed by atoms with Crippen molar-refractivity contribution in [2.45, 2.75) is 75.8 Å². The fraction of sp³-hybridized carbons (Fsp3) is 0.576. The van der Waals surface area contributed by atoms with Crippen molar-refractivity contribution in [2.24, 2.45) is 28.4 Å². The fourth-order valence-electron chi connectivity index (χ4n) is 8.45. The number of halogens is 1. The lowest BCUT2D eigenvalue weighted by Gasteiger charge is -2.62. The van der Waals surface area contributed by atoms with E-state index in [2.05, 4.69) is 4.84 Å². The number of aliphatic hydroxyl groups is 2. The zero-order valence-corrected chi connectivity index (χ0v) is 26.3. The first kappa shape index (κ1) is 35.0. The van der Waals surface area contributed by atoms with Crippen LogP contribution in [-0.4, -0.2) is 92.8 Å². The molecule has 0 aliphatic heterocycles. The van der Waals surface area contributed by atoms with Gasteiger partial charge in [-0.2, -0.15) is 0 Å². The molecule has 1 aromatic carbocycles. The highest BCUT2D eigenvalue weighted by atomic mass is 19.1. The number of alkyl halides is 1. The van der Waals surface area contributed by atoms with Gasteiger partial charge in [0.2, 0.25) is 5.78 Å². The van der Waals surface area contributed by atoms with E-state index in [1.807, 2.05) is 0 Å². The van der Waals surface area contributed by atoms with Gasteiger partial charge in [0.15, 0.2) is 18.1 Å². The number of hydrogen-bond donors (Lipinski definition) is 5. The summed E-state index contributed by atoms with van der Waals surface area (Å²) in [7, 11) is 0. The Morgan fingerprint density at radius 2 is 1.89 bits per heavy atom. The molecule has 0 saturated heterocycles. The maximum atomic E-state index is 17.2. The number of esters is 2. The molecule has 6 N–H and O–H groups in total. The van der Waals surface area contributed by atoms with Gasteiger partial charge in [-0.25, -0.2) is 9.18 Å². The number of nitrogens with zero attached hydrogens (tertiary/aromatic N) is 1. The smallest absolute Gasteiger partial charge is 0.338 e. The van der Waals surface area contributed by atoms with E-state index in [9.17, 15) is 29.4 Å². The molecule has 1 aromatic rings. The molecule has 0 amide bonds. The number of ether oxygens (including phenoxy) is 2. The Kier molecular flexibility index (Phi) is 9.60. The molecule has 14 heteroatoms. The maximum absolute atomic E-state index is 17.2. The summed E-state index contributed by atoms with van der Waals surface area (Å²) in [5.74, 6) is -4.00. The molecule has 4 aliphatic rings. The van der Waals surface area contributed by atoms with Crippen molar-refractivity contribution in [3.8, 4) is 0 Å². The summed E-state index contributed by atoms with van der Waals surface area (Å²) < 4.78 is 27.5. The van der Waals surface area contributed by atoms with Gasteiger partial charge in [-0.05, 0) is 81.2 Å². The second-order valence-electron chi connectivity index (χ2n) is 13.4. The summed E-state index contributed by atoms with van der Waals surface area (Å²) in [4.78, 5) is 55.2. The molecule has 3 fully saturated rings. The van der Waals surface area contributed by atoms with Gasteiger partial charge < -0.3 is 25.4 Å². The van der Waals surface area contributed by atoms with Crippen molar-refractivity contribution in [3.05, 3.63) is 59.2 Å². The summed E-state index contributed by atoms with van der Waals surface area (Å²) >= 11 is 0. The van der Waals surface area contributed by atoms with Gasteiger partial charge in [-0.3, -0.25) is 29.6 Å². The molecule has 0 spiro atoms. The van der Waals surface area contributed by atoms with Crippen LogP contribution in [-0.2, 0) is 35.1 Å². The van der Waals surface area contributed by atoms with E-state index in [0.717, 1.165) is 0 Å².